The zero-order valence-electron chi connectivity index (χ0n) is 22.7. The normalized spacial score (nSPS) is 13.7. The van der Waals surface area contributed by atoms with E-state index in [1.807, 2.05) is 0 Å². The number of benzene rings is 1. The van der Waals surface area contributed by atoms with Crippen LogP contribution in [0.25, 0.3) is 11.5 Å². The number of hydrogen-bond acceptors (Lipinski definition) is 9. The number of pyridine rings is 1. The van der Waals surface area contributed by atoms with Crippen LogP contribution in [-0.2, 0) is 16.6 Å². The Morgan fingerprint density at radius 1 is 1.12 bits per heavy atom. The van der Waals surface area contributed by atoms with Crippen molar-refractivity contribution in [3.05, 3.63) is 65.1 Å². The number of nitrogens with zero attached hydrogens (tertiary/aromatic N) is 5. The predicted molar refractivity (Wildman–Crippen MR) is 147 cm³/mol. The number of sulfonamides is 1. The highest BCUT2D eigenvalue weighted by Crippen LogP contribution is 2.44. The van der Waals surface area contributed by atoms with Gasteiger partial charge in [-0.2, -0.15) is 26.7 Å². The molecule has 4 aromatic rings. The Morgan fingerprint density at radius 2 is 1.77 bits per heavy atom. The standard InChI is InChI=1S/C26H25F5N8O3S/c1-3-42-16-10-18(27)17(19(28)11-16)12-39-22(14-4-5-14)13(2)20(37-39)24-35-23(32)21(38-43(40,41)26(29,30)31)25(36-24)34-15-6-8-33-9-7-15/h6-11,14,38H,3-5,12H2,1-2H3,(H3,32,33,34,35,36). The summed E-state index contributed by atoms with van der Waals surface area (Å²) in [7, 11) is -5.89. The second-order valence-electron chi connectivity index (χ2n) is 9.66. The first kappa shape index (κ1) is 29.9. The molecule has 1 aromatic carbocycles. The molecule has 5 rings (SSSR count). The van der Waals surface area contributed by atoms with E-state index >= 15 is 0 Å². The van der Waals surface area contributed by atoms with Crippen molar-refractivity contribution in [3.63, 3.8) is 0 Å². The van der Waals surface area contributed by atoms with E-state index in [2.05, 4.69) is 25.4 Å². The van der Waals surface area contributed by atoms with Gasteiger partial charge in [-0.25, -0.2) is 18.7 Å². The fraction of sp³-hybridized carbons (Fsp3) is 0.308. The van der Waals surface area contributed by atoms with E-state index in [1.54, 1.807) is 13.8 Å². The molecule has 43 heavy (non-hydrogen) atoms. The Kier molecular flexibility index (Phi) is 7.85. The van der Waals surface area contributed by atoms with Crippen LogP contribution in [0.5, 0.6) is 5.75 Å². The molecule has 0 aliphatic heterocycles. The molecular weight excluding hydrogens is 599 g/mol. The van der Waals surface area contributed by atoms with Crippen LogP contribution in [0.4, 0.5) is 45.0 Å². The highest BCUT2D eigenvalue weighted by atomic mass is 32.2. The summed E-state index contributed by atoms with van der Waals surface area (Å²) in [6, 6.07) is 5.09. The summed E-state index contributed by atoms with van der Waals surface area (Å²) in [5.41, 5.74) is 1.03. The number of nitrogens with one attached hydrogen (secondary N) is 2. The molecule has 0 radical (unpaired) electrons. The lowest BCUT2D eigenvalue weighted by atomic mass is 10.1. The third-order valence-electron chi connectivity index (χ3n) is 6.57. The zero-order valence-corrected chi connectivity index (χ0v) is 23.5. The smallest absolute Gasteiger partial charge is 0.494 e. The van der Waals surface area contributed by atoms with E-state index in [0.29, 0.717) is 16.9 Å². The molecule has 0 unspecified atom stereocenters. The molecule has 0 amide bonds. The molecule has 0 saturated heterocycles. The minimum absolute atomic E-state index is 0.0414. The van der Waals surface area contributed by atoms with E-state index in [0.717, 1.165) is 25.0 Å². The molecule has 0 spiro atoms. The molecule has 1 saturated carbocycles. The molecule has 1 fully saturated rings. The number of anilines is 4. The van der Waals surface area contributed by atoms with Gasteiger partial charge in [0.05, 0.1) is 13.2 Å². The molecule has 0 atom stereocenters. The summed E-state index contributed by atoms with van der Waals surface area (Å²) < 4.78 is 101. The zero-order chi connectivity index (χ0) is 31.1. The number of aromatic nitrogens is 5. The van der Waals surface area contributed by atoms with Crippen molar-refractivity contribution in [2.24, 2.45) is 0 Å². The van der Waals surface area contributed by atoms with Crippen molar-refractivity contribution in [3.8, 4) is 17.3 Å². The summed E-state index contributed by atoms with van der Waals surface area (Å²) >= 11 is 0. The Labute approximate surface area is 242 Å². The quantitative estimate of drug-likeness (QED) is 0.202. The molecule has 3 aromatic heterocycles. The highest BCUT2D eigenvalue weighted by Gasteiger charge is 2.47. The third kappa shape index (κ3) is 6.16. The van der Waals surface area contributed by atoms with E-state index in [1.165, 1.54) is 33.9 Å². The van der Waals surface area contributed by atoms with Crippen molar-refractivity contribution >= 4 is 33.0 Å². The first-order valence-corrected chi connectivity index (χ1v) is 14.4. The summed E-state index contributed by atoms with van der Waals surface area (Å²) in [6.07, 6.45) is 4.38. The van der Waals surface area contributed by atoms with Gasteiger partial charge in [-0.3, -0.25) is 14.4 Å². The van der Waals surface area contributed by atoms with Crippen LogP contribution < -0.4 is 20.5 Å². The van der Waals surface area contributed by atoms with Gasteiger partial charge in [-0.1, -0.05) is 0 Å². The Hall–Kier alpha value is -4.54. The Bertz CT molecular complexity index is 1750. The van der Waals surface area contributed by atoms with Crippen LogP contribution in [0, 0.1) is 18.6 Å². The molecule has 17 heteroatoms. The first-order chi connectivity index (χ1) is 20.3. The van der Waals surface area contributed by atoms with Crippen LogP contribution in [0.2, 0.25) is 0 Å². The van der Waals surface area contributed by atoms with Crippen molar-refractivity contribution in [2.45, 2.75) is 44.7 Å². The van der Waals surface area contributed by atoms with Crippen LogP contribution in [0.15, 0.2) is 36.7 Å². The monoisotopic (exact) mass is 624 g/mol. The average Bonchev–Trinajstić information content (AvgIpc) is 3.70. The van der Waals surface area contributed by atoms with Crippen LogP contribution in [0.3, 0.4) is 0 Å². The van der Waals surface area contributed by atoms with Crippen molar-refractivity contribution in [1.82, 2.24) is 24.7 Å². The Morgan fingerprint density at radius 3 is 2.35 bits per heavy atom. The molecule has 228 valence electrons. The largest absolute Gasteiger partial charge is 0.516 e. The second kappa shape index (κ2) is 11.3. The summed E-state index contributed by atoms with van der Waals surface area (Å²) in [5, 5.41) is 7.26. The van der Waals surface area contributed by atoms with Crippen LogP contribution in [-0.4, -0.2) is 45.3 Å². The Balaban J connectivity index is 1.60. The summed E-state index contributed by atoms with van der Waals surface area (Å²) in [4.78, 5) is 12.2. The molecule has 3 heterocycles. The maximum Gasteiger partial charge on any atom is 0.516 e. The fourth-order valence-electron chi connectivity index (χ4n) is 4.44. The van der Waals surface area contributed by atoms with Crippen molar-refractivity contribution < 1.29 is 35.1 Å². The van der Waals surface area contributed by atoms with E-state index in [9.17, 15) is 30.4 Å². The maximum absolute atomic E-state index is 14.9. The second-order valence-corrected chi connectivity index (χ2v) is 11.3. The number of nitrogens with two attached hydrogens (primary N) is 1. The number of hydrogen-bond donors (Lipinski definition) is 3. The van der Waals surface area contributed by atoms with E-state index in [-0.39, 0.29) is 41.9 Å². The summed E-state index contributed by atoms with van der Waals surface area (Å²) in [6.45, 7) is 3.33. The minimum atomic E-state index is -5.89. The average molecular weight is 625 g/mol. The van der Waals surface area contributed by atoms with E-state index < -0.39 is 44.5 Å². The third-order valence-corrected chi connectivity index (χ3v) is 7.65. The number of alkyl halides is 3. The van der Waals surface area contributed by atoms with Gasteiger partial charge in [-0.15, -0.1) is 0 Å². The number of ether oxygens (including phenoxy) is 1. The van der Waals surface area contributed by atoms with Gasteiger partial charge in [0, 0.05) is 53.0 Å². The SMILES string of the molecule is CCOc1cc(F)c(Cn2nc(-c3nc(N)c(NS(=O)(=O)C(F)(F)F)c(Nc4ccncc4)n3)c(C)c2C2CC2)c(F)c1. The van der Waals surface area contributed by atoms with Gasteiger partial charge in [-0.05, 0) is 38.8 Å². The lowest BCUT2D eigenvalue weighted by Gasteiger charge is -2.17. The lowest BCUT2D eigenvalue weighted by molar-refractivity contribution is -0.0429. The van der Waals surface area contributed by atoms with Gasteiger partial charge < -0.3 is 15.8 Å². The number of rotatable bonds is 10. The predicted octanol–water partition coefficient (Wildman–Crippen LogP) is 5.23. The minimum Gasteiger partial charge on any atom is -0.494 e. The van der Waals surface area contributed by atoms with Gasteiger partial charge in [0.15, 0.2) is 17.5 Å². The highest BCUT2D eigenvalue weighted by molar-refractivity contribution is 7.93. The van der Waals surface area contributed by atoms with Crippen LogP contribution >= 0.6 is 0 Å². The van der Waals surface area contributed by atoms with Gasteiger partial charge in [0.25, 0.3) is 0 Å². The van der Waals surface area contributed by atoms with E-state index in [4.69, 9.17) is 10.5 Å². The van der Waals surface area contributed by atoms with Gasteiger partial charge >= 0.3 is 15.5 Å². The molecule has 1 aliphatic rings. The van der Waals surface area contributed by atoms with Gasteiger partial charge in [0.1, 0.15) is 28.8 Å². The lowest BCUT2D eigenvalue weighted by Crippen LogP contribution is -2.30. The molecule has 0 bridgehead atoms. The molecule has 1 aliphatic carbocycles. The molecular formula is C26H25F5N8O3S. The van der Waals surface area contributed by atoms with Gasteiger partial charge in [0.2, 0.25) is 0 Å². The number of nitrogen functional groups attached to an aromatic ring is 1. The number of halogens is 5. The summed E-state index contributed by atoms with van der Waals surface area (Å²) in [5.74, 6) is -2.75. The topological polar surface area (TPSA) is 150 Å². The van der Waals surface area contributed by atoms with Crippen molar-refractivity contribution in [1.29, 1.82) is 0 Å². The first-order valence-electron chi connectivity index (χ1n) is 12.9. The van der Waals surface area contributed by atoms with Crippen molar-refractivity contribution in [2.75, 3.05) is 22.4 Å². The fourth-order valence-corrected chi connectivity index (χ4v) is 5.03. The van der Waals surface area contributed by atoms with Crippen LogP contribution in [0.1, 0.15) is 42.5 Å². The molecule has 11 nitrogen and oxygen atoms in total. The molecule has 4 N–H and O–H groups in total. The maximum atomic E-state index is 14.9.